The van der Waals surface area contributed by atoms with Gasteiger partial charge < -0.3 is 10.6 Å². The summed E-state index contributed by atoms with van der Waals surface area (Å²) in [7, 11) is 0. The smallest absolute Gasteiger partial charge is 0.273 e. The monoisotopic (exact) mass is 397 g/mol. The number of piperidine rings is 1. The minimum absolute atomic E-state index is 0.0485. The number of thiazole rings is 1. The van der Waals surface area contributed by atoms with Crippen molar-refractivity contribution in [1.29, 1.82) is 0 Å². The number of hydrogen-bond acceptors (Lipinski definition) is 4. The maximum Gasteiger partial charge on any atom is 0.273 e. The van der Waals surface area contributed by atoms with Crippen molar-refractivity contribution in [3.05, 3.63) is 39.3 Å². The number of benzene rings is 1. The van der Waals surface area contributed by atoms with Crippen LogP contribution in [0, 0.1) is 5.92 Å². The molecule has 0 unspecified atom stereocenters. The molecule has 1 aromatic carbocycles. The van der Waals surface area contributed by atoms with E-state index < -0.39 is 0 Å². The van der Waals surface area contributed by atoms with Crippen molar-refractivity contribution in [1.82, 2.24) is 9.88 Å². The molecule has 2 atom stereocenters. The molecule has 0 saturated carbocycles. The highest BCUT2D eigenvalue weighted by Gasteiger charge is 2.33. The molecule has 2 aromatic rings. The average molecular weight is 398 g/mol. The first-order valence-electron chi connectivity index (χ1n) is 7.88. The van der Waals surface area contributed by atoms with Crippen molar-refractivity contribution < 1.29 is 9.59 Å². The summed E-state index contributed by atoms with van der Waals surface area (Å²) in [6, 6.07) is 5.21. The highest BCUT2D eigenvalue weighted by Crippen LogP contribution is 2.33. The lowest BCUT2D eigenvalue weighted by Crippen LogP contribution is -2.48. The lowest BCUT2D eigenvalue weighted by molar-refractivity contribution is -0.123. The summed E-state index contributed by atoms with van der Waals surface area (Å²) in [4.78, 5) is 30.4. The molecule has 1 aromatic heterocycles. The van der Waals surface area contributed by atoms with Crippen LogP contribution >= 0.6 is 34.5 Å². The number of hydrogen-bond donors (Lipinski definition) is 1. The van der Waals surface area contributed by atoms with Crippen LogP contribution in [0.4, 0.5) is 0 Å². The number of likely N-dealkylation sites (tertiary alicyclic amines) is 1. The highest BCUT2D eigenvalue weighted by molar-refractivity contribution is 7.13. The Bertz CT molecular complexity index is 824. The Kier molecular flexibility index (Phi) is 5.32. The summed E-state index contributed by atoms with van der Waals surface area (Å²) in [5.74, 6) is -0.855. The van der Waals surface area contributed by atoms with E-state index in [1.54, 1.807) is 28.5 Å². The zero-order valence-electron chi connectivity index (χ0n) is 13.5. The normalized spacial score (nSPS) is 20.5. The van der Waals surface area contributed by atoms with Crippen LogP contribution in [0.1, 0.15) is 30.3 Å². The Morgan fingerprint density at radius 3 is 2.76 bits per heavy atom. The van der Waals surface area contributed by atoms with Gasteiger partial charge in [-0.3, -0.25) is 9.59 Å². The van der Waals surface area contributed by atoms with Gasteiger partial charge in [-0.05, 0) is 38.0 Å². The fourth-order valence-electron chi connectivity index (χ4n) is 2.93. The number of nitrogens with two attached hydrogens (primary N) is 1. The molecule has 1 aliphatic heterocycles. The summed E-state index contributed by atoms with van der Waals surface area (Å²) < 4.78 is 0. The zero-order chi connectivity index (χ0) is 18.1. The van der Waals surface area contributed by atoms with Gasteiger partial charge in [0.25, 0.3) is 5.91 Å². The van der Waals surface area contributed by atoms with Gasteiger partial charge in [-0.2, -0.15) is 0 Å². The van der Waals surface area contributed by atoms with E-state index in [9.17, 15) is 9.59 Å². The first-order valence-corrected chi connectivity index (χ1v) is 9.51. The van der Waals surface area contributed by atoms with Crippen LogP contribution in [0.3, 0.4) is 0 Å². The third kappa shape index (κ3) is 3.81. The molecule has 0 aliphatic carbocycles. The van der Waals surface area contributed by atoms with E-state index in [0.29, 0.717) is 33.7 Å². The number of amides is 2. The van der Waals surface area contributed by atoms with E-state index in [2.05, 4.69) is 4.98 Å². The summed E-state index contributed by atoms with van der Waals surface area (Å²) in [5.41, 5.74) is 6.49. The topological polar surface area (TPSA) is 76.3 Å². The Balaban J connectivity index is 1.83. The van der Waals surface area contributed by atoms with Gasteiger partial charge in [0.05, 0.1) is 10.9 Å². The van der Waals surface area contributed by atoms with Gasteiger partial charge in [0, 0.05) is 28.6 Å². The zero-order valence-corrected chi connectivity index (χ0v) is 15.9. The van der Waals surface area contributed by atoms with Crippen molar-refractivity contribution >= 4 is 46.4 Å². The largest absolute Gasteiger partial charge is 0.369 e. The second kappa shape index (κ2) is 7.32. The van der Waals surface area contributed by atoms with Crippen molar-refractivity contribution in [3.8, 4) is 10.6 Å². The van der Waals surface area contributed by atoms with Gasteiger partial charge in [-0.25, -0.2) is 4.98 Å². The number of aromatic nitrogens is 1. The summed E-state index contributed by atoms with van der Waals surface area (Å²) in [6.45, 7) is 2.31. The number of carbonyl (C=O) groups is 2. The van der Waals surface area contributed by atoms with Gasteiger partial charge >= 0.3 is 0 Å². The van der Waals surface area contributed by atoms with E-state index in [4.69, 9.17) is 28.9 Å². The molecule has 5 nitrogen and oxygen atoms in total. The second-order valence-electron chi connectivity index (χ2n) is 6.15. The molecule has 2 N–H and O–H groups in total. The fourth-order valence-corrected chi connectivity index (χ4v) is 4.31. The average Bonchev–Trinajstić information content (AvgIpc) is 3.04. The second-order valence-corrected chi connectivity index (χ2v) is 7.85. The quantitative estimate of drug-likeness (QED) is 0.854. The van der Waals surface area contributed by atoms with Gasteiger partial charge in [0.15, 0.2) is 0 Å². The minimum atomic E-state index is -0.364. The van der Waals surface area contributed by atoms with Gasteiger partial charge in [0.2, 0.25) is 5.91 Å². The highest BCUT2D eigenvalue weighted by atomic mass is 35.5. The molecule has 1 saturated heterocycles. The molecular formula is C17H17Cl2N3O2S. The molecule has 0 bridgehead atoms. The van der Waals surface area contributed by atoms with Crippen LogP contribution in [0.5, 0.6) is 0 Å². The lowest BCUT2D eigenvalue weighted by atomic mass is 9.93. The van der Waals surface area contributed by atoms with E-state index in [0.717, 1.165) is 12.0 Å². The third-order valence-electron chi connectivity index (χ3n) is 4.43. The molecule has 1 aliphatic rings. The van der Waals surface area contributed by atoms with Crippen LogP contribution in [0.25, 0.3) is 10.6 Å². The summed E-state index contributed by atoms with van der Waals surface area (Å²) in [5, 5.41) is 3.40. The molecule has 0 spiro atoms. The van der Waals surface area contributed by atoms with E-state index in [1.807, 2.05) is 6.92 Å². The molecule has 2 amide bonds. The Morgan fingerprint density at radius 1 is 1.32 bits per heavy atom. The van der Waals surface area contributed by atoms with Crippen LogP contribution in [0.2, 0.25) is 10.0 Å². The molecule has 132 valence electrons. The maximum absolute atomic E-state index is 12.8. The van der Waals surface area contributed by atoms with Crippen molar-refractivity contribution in [2.75, 3.05) is 6.54 Å². The fraction of sp³-hybridized carbons (Fsp3) is 0.353. The summed E-state index contributed by atoms with van der Waals surface area (Å²) >= 11 is 13.5. The van der Waals surface area contributed by atoms with E-state index >= 15 is 0 Å². The predicted octanol–water partition coefficient (Wildman–Crippen LogP) is 3.84. The number of primary amides is 1. The molecule has 2 heterocycles. The van der Waals surface area contributed by atoms with Gasteiger partial charge in [-0.1, -0.05) is 23.2 Å². The number of rotatable bonds is 3. The summed E-state index contributed by atoms with van der Waals surface area (Å²) in [6.07, 6.45) is 1.46. The van der Waals surface area contributed by atoms with Crippen molar-refractivity contribution in [3.63, 3.8) is 0 Å². The van der Waals surface area contributed by atoms with Crippen molar-refractivity contribution in [2.24, 2.45) is 11.7 Å². The van der Waals surface area contributed by atoms with Crippen LogP contribution in [-0.4, -0.2) is 34.3 Å². The van der Waals surface area contributed by atoms with E-state index in [1.165, 1.54) is 11.3 Å². The molecule has 3 rings (SSSR count). The molecule has 25 heavy (non-hydrogen) atoms. The SMILES string of the molecule is C[C@H]1CC[C@@H](C(N)=O)CN1C(=O)c1csc(-c2ccc(Cl)cc2Cl)n1. The number of carbonyl (C=O) groups excluding carboxylic acids is 2. The Labute approximate surface area is 159 Å². The van der Waals surface area contributed by atoms with Crippen LogP contribution in [0.15, 0.2) is 23.6 Å². The first-order chi connectivity index (χ1) is 11.9. The lowest BCUT2D eigenvalue weighted by Gasteiger charge is -2.36. The van der Waals surface area contributed by atoms with Gasteiger partial charge in [0.1, 0.15) is 10.7 Å². The van der Waals surface area contributed by atoms with Gasteiger partial charge in [-0.15, -0.1) is 11.3 Å². The minimum Gasteiger partial charge on any atom is -0.369 e. The standard InChI is InChI=1S/C17H17Cl2N3O2S/c1-9-2-3-10(15(20)23)7-22(9)17(24)14-8-25-16(21-14)12-5-4-11(18)6-13(12)19/h4-6,8-10H,2-3,7H2,1H3,(H2,20,23)/t9-,10+/m0/s1. The third-order valence-corrected chi connectivity index (χ3v) is 5.85. The van der Waals surface area contributed by atoms with Crippen LogP contribution in [-0.2, 0) is 4.79 Å². The Hall–Kier alpha value is -1.63. The molecule has 8 heteroatoms. The molecule has 1 fully saturated rings. The van der Waals surface area contributed by atoms with Crippen molar-refractivity contribution in [2.45, 2.75) is 25.8 Å². The molecule has 0 radical (unpaired) electrons. The predicted molar refractivity (Wildman–Crippen MR) is 100.0 cm³/mol. The first kappa shape index (κ1) is 18.2. The molecular weight excluding hydrogens is 381 g/mol. The Morgan fingerprint density at radius 2 is 2.08 bits per heavy atom. The number of halogens is 2. The van der Waals surface area contributed by atoms with Crippen LogP contribution < -0.4 is 5.73 Å². The number of nitrogens with zero attached hydrogens (tertiary/aromatic N) is 2. The van der Waals surface area contributed by atoms with E-state index in [-0.39, 0.29) is 23.8 Å². The maximum atomic E-state index is 12.8.